The Bertz CT molecular complexity index is 2400. The van der Waals surface area contributed by atoms with Crippen LogP contribution in [0.15, 0.2) is 66.3 Å². The molecule has 1 aliphatic carbocycles. The van der Waals surface area contributed by atoms with E-state index in [1.807, 2.05) is 85.2 Å². The third kappa shape index (κ3) is 11.7. The number of likely N-dealkylation sites (tertiary alicyclic amines) is 1. The van der Waals surface area contributed by atoms with Crippen LogP contribution in [0, 0.1) is 34.5 Å². The highest BCUT2D eigenvalue weighted by molar-refractivity contribution is 7.13. The average Bonchev–Trinajstić information content (AvgIpc) is 3.89. The molecular weight excluding hydrogens is 880 g/mol. The predicted octanol–water partition coefficient (Wildman–Crippen LogP) is 6.67. The lowest BCUT2D eigenvalue weighted by molar-refractivity contribution is -0.164. The van der Waals surface area contributed by atoms with Crippen LogP contribution in [0.3, 0.4) is 0 Å². The monoisotopic (exact) mass is 940 g/mol. The van der Waals surface area contributed by atoms with Crippen LogP contribution in [0.5, 0.6) is 5.75 Å². The number of nitrogens with one attached hydrogen (secondary N) is 4. The van der Waals surface area contributed by atoms with Gasteiger partial charge in [0, 0.05) is 61.8 Å². The van der Waals surface area contributed by atoms with E-state index in [0.29, 0.717) is 47.3 Å². The van der Waals surface area contributed by atoms with Gasteiger partial charge in [-0.15, -0.1) is 11.3 Å². The molecule has 0 spiro atoms. The molecule has 0 unspecified atom stereocenters. The van der Waals surface area contributed by atoms with Crippen LogP contribution in [-0.4, -0.2) is 100 Å². The number of aryl methyl sites for hydroxylation is 1. The van der Waals surface area contributed by atoms with Crippen molar-refractivity contribution in [3.63, 3.8) is 0 Å². The predicted molar refractivity (Wildman–Crippen MR) is 254 cm³/mol. The molecule has 6 rings (SSSR count). The summed E-state index contributed by atoms with van der Waals surface area (Å²) >= 11 is 7.80. The van der Waals surface area contributed by atoms with Crippen LogP contribution in [0.2, 0.25) is 5.02 Å². The molecule has 1 aliphatic heterocycles. The number of anilines is 1. The standard InChI is InChI=1S/C49H61ClN8O7S/c1-29-40(66-28-55-29)31-13-11-30(12-14-31)24-54-43(62)37-21-34(59)26-58(37)44(63)41(47(2,3)4)56-39(60)27-64-20-10-9-19-52-38-18-16-33(25-53-38)42(61)57-45-48(5,6)46(49(45,7)8)65-35-17-15-32(23-51)36(50)22-35/h11-18,22,25,28,34,37,41,45-46,59H,9-10,19-21,24,26-27H2,1-8H3,(H,52,53)(H,54,62)(H,56,60)(H,57,61)/t34-,37+,41-,45-,46-/m1/s1. The number of nitriles is 1. The zero-order chi connectivity index (χ0) is 48.0. The van der Waals surface area contributed by atoms with Crippen molar-refractivity contribution < 1.29 is 33.8 Å². The molecule has 66 heavy (non-hydrogen) atoms. The highest BCUT2D eigenvalue weighted by Crippen LogP contribution is 2.55. The van der Waals surface area contributed by atoms with E-state index in [-0.39, 0.29) is 50.1 Å². The number of benzene rings is 2. The van der Waals surface area contributed by atoms with Crippen molar-refractivity contribution in [2.24, 2.45) is 16.2 Å². The number of hydrogen-bond donors (Lipinski definition) is 5. The zero-order valence-corrected chi connectivity index (χ0v) is 40.4. The first kappa shape index (κ1) is 49.8. The van der Waals surface area contributed by atoms with E-state index in [9.17, 15) is 29.5 Å². The van der Waals surface area contributed by atoms with Crippen LogP contribution in [-0.2, 0) is 25.7 Å². The molecule has 2 aliphatic rings. The number of thiazole rings is 1. The maximum atomic E-state index is 14.0. The Labute approximate surface area is 396 Å². The number of β-amino-alcohol motifs (C(OH)–C–C–N with tert-alkyl or cyclic N) is 1. The number of carbonyl (C=O) groups is 4. The average molecular weight is 942 g/mol. The third-order valence-corrected chi connectivity index (χ3v) is 13.7. The number of hydrogen-bond acceptors (Lipinski definition) is 12. The zero-order valence-electron chi connectivity index (χ0n) is 38.9. The molecule has 3 heterocycles. The van der Waals surface area contributed by atoms with E-state index in [4.69, 9.17) is 21.1 Å². The lowest BCUT2D eigenvalue weighted by Crippen LogP contribution is -2.74. The van der Waals surface area contributed by atoms with Gasteiger partial charge in [-0.3, -0.25) is 19.2 Å². The molecule has 1 saturated heterocycles. The highest BCUT2D eigenvalue weighted by Gasteiger charge is 2.64. The third-order valence-electron chi connectivity index (χ3n) is 12.4. The fourth-order valence-electron chi connectivity index (χ4n) is 9.14. The van der Waals surface area contributed by atoms with Gasteiger partial charge in [-0.25, -0.2) is 9.97 Å². The molecule has 352 valence electrons. The lowest BCUT2D eigenvalue weighted by atomic mass is 9.49. The second-order valence-corrected chi connectivity index (χ2v) is 20.6. The molecule has 4 amide bonds. The molecule has 2 aromatic carbocycles. The van der Waals surface area contributed by atoms with E-state index in [2.05, 4.69) is 37.3 Å². The van der Waals surface area contributed by atoms with Crippen molar-refractivity contribution in [2.75, 3.05) is 31.6 Å². The van der Waals surface area contributed by atoms with E-state index in [1.54, 1.807) is 41.7 Å². The Kier molecular flexibility index (Phi) is 15.8. The van der Waals surface area contributed by atoms with Crippen molar-refractivity contribution in [1.29, 1.82) is 5.26 Å². The van der Waals surface area contributed by atoms with E-state index in [0.717, 1.165) is 28.1 Å². The van der Waals surface area contributed by atoms with E-state index < -0.39 is 46.2 Å². The van der Waals surface area contributed by atoms with Gasteiger partial charge in [-0.05, 0) is 60.6 Å². The Morgan fingerprint density at radius 2 is 1.76 bits per heavy atom. The quantitative estimate of drug-likeness (QED) is 0.0666. The first-order valence-corrected chi connectivity index (χ1v) is 23.5. The number of ether oxygens (including phenoxy) is 2. The summed E-state index contributed by atoms with van der Waals surface area (Å²) in [6, 6.07) is 16.3. The van der Waals surface area contributed by atoms with E-state index >= 15 is 0 Å². The van der Waals surface area contributed by atoms with Crippen molar-refractivity contribution in [1.82, 2.24) is 30.8 Å². The summed E-state index contributed by atoms with van der Waals surface area (Å²) in [6.45, 7) is 16.5. The van der Waals surface area contributed by atoms with Crippen LogP contribution < -0.4 is 26.0 Å². The Hall–Kier alpha value is -5.60. The number of aromatic nitrogens is 2. The van der Waals surface area contributed by atoms with Gasteiger partial charge in [-0.2, -0.15) is 5.26 Å². The first-order chi connectivity index (χ1) is 31.2. The topological polar surface area (TPSA) is 208 Å². The number of amides is 4. The molecule has 0 radical (unpaired) electrons. The summed E-state index contributed by atoms with van der Waals surface area (Å²) in [5, 5.41) is 32.3. The summed E-state index contributed by atoms with van der Waals surface area (Å²) in [5.41, 5.74) is 4.00. The minimum absolute atomic E-state index is 0.0175. The number of halogens is 1. The lowest BCUT2D eigenvalue weighted by Gasteiger charge is -2.63. The minimum atomic E-state index is -0.962. The molecule has 2 fully saturated rings. The van der Waals surface area contributed by atoms with Crippen molar-refractivity contribution in [2.45, 2.75) is 112 Å². The Morgan fingerprint density at radius 3 is 2.38 bits per heavy atom. The van der Waals surface area contributed by atoms with Gasteiger partial charge in [0.05, 0.1) is 38.3 Å². The Morgan fingerprint density at radius 1 is 1.03 bits per heavy atom. The fourth-order valence-corrected chi connectivity index (χ4v) is 10.2. The van der Waals surface area contributed by atoms with Gasteiger partial charge in [0.2, 0.25) is 17.7 Å². The summed E-state index contributed by atoms with van der Waals surface area (Å²) in [6.07, 6.45) is 1.90. The largest absolute Gasteiger partial charge is 0.489 e. The van der Waals surface area contributed by atoms with Gasteiger partial charge in [-0.1, -0.05) is 84.3 Å². The van der Waals surface area contributed by atoms with Crippen LogP contribution >= 0.6 is 22.9 Å². The smallest absolute Gasteiger partial charge is 0.253 e. The second kappa shape index (κ2) is 20.9. The number of pyridine rings is 1. The van der Waals surface area contributed by atoms with E-state index in [1.165, 1.54) is 11.1 Å². The number of nitrogens with zero attached hydrogens (tertiary/aromatic N) is 4. The Balaban J connectivity index is 0.896. The van der Waals surface area contributed by atoms with Crippen LogP contribution in [0.25, 0.3) is 10.4 Å². The van der Waals surface area contributed by atoms with Gasteiger partial charge in [0.15, 0.2) is 0 Å². The molecule has 4 aromatic rings. The first-order valence-electron chi connectivity index (χ1n) is 22.2. The van der Waals surface area contributed by atoms with Crippen LogP contribution in [0.1, 0.15) is 94.9 Å². The molecule has 3 atom stereocenters. The SMILES string of the molecule is Cc1ncsc1-c1ccc(CNC(=O)[C@@H]2C[C@@H](O)CN2C(=O)[C@@H](NC(=O)COCCCCNc2ccc(C(=O)N[C@H]3C(C)(C)[C@H](Oc4ccc(C#N)c(Cl)c4)C3(C)C)cn2)C(C)(C)C)cc1. The molecule has 15 nitrogen and oxygen atoms in total. The molecule has 2 aromatic heterocycles. The fraction of sp³-hybridized carbons (Fsp3) is 0.490. The van der Waals surface area contributed by atoms with Gasteiger partial charge >= 0.3 is 0 Å². The maximum Gasteiger partial charge on any atom is 0.253 e. The molecule has 5 N–H and O–H groups in total. The molecule has 0 bridgehead atoms. The number of unbranched alkanes of at least 4 members (excludes halogenated alkanes) is 1. The number of aliphatic hydroxyl groups is 1. The molecular formula is C49H61ClN8O7S. The summed E-state index contributed by atoms with van der Waals surface area (Å²) in [5.74, 6) is -0.335. The normalized spacial score (nSPS) is 20.0. The van der Waals surface area contributed by atoms with Crippen molar-refractivity contribution >= 4 is 52.4 Å². The number of carbonyl (C=O) groups excluding carboxylic acids is 4. The number of rotatable bonds is 18. The minimum Gasteiger partial charge on any atom is -0.489 e. The van der Waals surface area contributed by atoms with Gasteiger partial charge < -0.3 is 40.7 Å². The highest BCUT2D eigenvalue weighted by atomic mass is 35.5. The molecule has 1 saturated carbocycles. The molecule has 17 heteroatoms. The summed E-state index contributed by atoms with van der Waals surface area (Å²) in [4.78, 5) is 65.0. The van der Waals surface area contributed by atoms with Gasteiger partial charge in [0.25, 0.3) is 5.91 Å². The summed E-state index contributed by atoms with van der Waals surface area (Å²) in [7, 11) is 0. The van der Waals surface area contributed by atoms with Crippen molar-refractivity contribution in [3.8, 4) is 22.3 Å². The van der Waals surface area contributed by atoms with Gasteiger partial charge in [0.1, 0.15) is 42.4 Å². The summed E-state index contributed by atoms with van der Waals surface area (Å²) < 4.78 is 12.0. The number of aliphatic hydroxyl groups excluding tert-OH is 1. The second-order valence-electron chi connectivity index (χ2n) is 19.4. The van der Waals surface area contributed by atoms with Crippen LogP contribution in [0.4, 0.5) is 5.82 Å². The van der Waals surface area contributed by atoms with Crippen molar-refractivity contribution in [3.05, 3.63) is 93.7 Å². The maximum absolute atomic E-state index is 14.0.